The minimum absolute atomic E-state index is 0.636. The Morgan fingerprint density at radius 3 is 2.18 bits per heavy atom. The summed E-state index contributed by atoms with van der Waals surface area (Å²) in [5, 5.41) is 1.06. The summed E-state index contributed by atoms with van der Waals surface area (Å²) < 4.78 is 22.4. The van der Waals surface area contributed by atoms with E-state index in [1.165, 1.54) is 0 Å². The molecule has 2 aromatic carbocycles. The number of fused-ring (bicyclic) bond motifs is 6. The predicted octanol–water partition coefficient (Wildman–Crippen LogP) is 7.40. The normalized spacial score (nSPS) is 11.8. The fourth-order valence-corrected chi connectivity index (χ4v) is 7.94. The Hall–Kier alpha value is -5.94. The average Bonchev–Trinajstić information content (AvgIpc) is 3.96. The first-order chi connectivity index (χ1) is 24.0. The molecule has 7 aromatic heterocycles. The summed E-state index contributed by atoms with van der Waals surface area (Å²) >= 11 is 1.76. The molecular weight excluding hydrogens is 633 g/mol. The maximum absolute atomic E-state index is 5.81. The highest BCUT2D eigenvalue weighted by Crippen LogP contribution is 2.37. The van der Waals surface area contributed by atoms with Crippen LogP contribution in [0.3, 0.4) is 0 Å². The van der Waals surface area contributed by atoms with Crippen LogP contribution in [0.2, 0.25) is 0 Å². The molecule has 0 spiro atoms. The van der Waals surface area contributed by atoms with Crippen LogP contribution < -0.4 is 14.0 Å². The molecule has 0 saturated heterocycles. The number of imidazole rings is 3. The van der Waals surface area contributed by atoms with Gasteiger partial charge in [0.25, 0.3) is 0 Å². The van der Waals surface area contributed by atoms with Crippen LogP contribution in [0.5, 0.6) is 11.5 Å². The number of H-pyrrole nitrogens is 1. The molecule has 0 saturated carbocycles. The lowest BCUT2D eigenvalue weighted by molar-refractivity contribution is -0.610. The van der Waals surface area contributed by atoms with Gasteiger partial charge in [-0.2, -0.15) is 0 Å². The number of methoxy groups -OCH3 is 2. The number of hydrogen-bond donors (Lipinski definition) is 1. The topological polar surface area (TPSA) is 82.6 Å². The van der Waals surface area contributed by atoms with Gasteiger partial charge in [-0.05, 0) is 68.4 Å². The number of aromatic amines is 1. The molecule has 242 valence electrons. The molecule has 9 rings (SSSR count). The third-order valence-electron chi connectivity index (χ3n) is 9.24. The minimum atomic E-state index is 0.636. The zero-order valence-electron chi connectivity index (χ0n) is 27.5. The lowest BCUT2D eigenvalue weighted by Crippen LogP contribution is -2.37. The zero-order valence-corrected chi connectivity index (χ0v) is 28.3. The maximum Gasteiger partial charge on any atom is 0.402 e. The molecule has 0 fully saturated rings. The Bertz CT molecular complexity index is 2660. The van der Waals surface area contributed by atoms with Crippen LogP contribution >= 0.6 is 11.8 Å². The van der Waals surface area contributed by atoms with Gasteiger partial charge in [-0.25, -0.2) is 14.5 Å². The smallest absolute Gasteiger partial charge is 0.402 e. The number of nitrogens with one attached hydrogen (secondary N) is 1. The lowest BCUT2D eigenvalue weighted by Gasteiger charge is -2.13. The van der Waals surface area contributed by atoms with E-state index < -0.39 is 0 Å². The standard InChI is InChI=1S/C38H33N8O2S/c1-24-22-45-32(21-35(24)48-4)36(46-31-20-27(43-16-7-8-17-43)10-12-29(31)41-38(45)46)49-23-33-25(2)34(47-3)13-18-44(33)37-39-28-11-9-26(19-30(28)40-37)42-14-5-6-15-42/h5-22H,23H2,1-4H3,(H,39,40)/q+1. The van der Waals surface area contributed by atoms with Gasteiger partial charge in [0.15, 0.2) is 5.52 Å². The van der Waals surface area contributed by atoms with Gasteiger partial charge in [0.2, 0.25) is 5.78 Å². The van der Waals surface area contributed by atoms with Gasteiger partial charge >= 0.3 is 5.95 Å². The molecule has 0 aliphatic carbocycles. The third-order valence-corrected chi connectivity index (χ3v) is 10.3. The molecule has 0 aliphatic heterocycles. The molecule has 0 radical (unpaired) electrons. The maximum atomic E-state index is 5.81. The number of rotatable bonds is 8. The van der Waals surface area contributed by atoms with Crippen molar-refractivity contribution in [1.29, 1.82) is 0 Å². The van der Waals surface area contributed by atoms with Crippen LogP contribution in [0.15, 0.2) is 115 Å². The zero-order chi connectivity index (χ0) is 33.2. The Morgan fingerprint density at radius 2 is 1.47 bits per heavy atom. The van der Waals surface area contributed by atoms with Crippen molar-refractivity contribution >= 4 is 45.1 Å². The SMILES string of the molecule is COc1cc2c(SCc3c(C)c(OC)cc[n+]3-c3nc4ccc(-n5cccc5)cc4[nH]3)n3c4cc(-n5cccc5)ccc4nc3n2cc1C. The summed E-state index contributed by atoms with van der Waals surface area (Å²) in [6.45, 7) is 4.17. The highest BCUT2D eigenvalue weighted by molar-refractivity contribution is 7.98. The molecule has 0 aliphatic rings. The van der Waals surface area contributed by atoms with Crippen molar-refractivity contribution in [3.05, 3.63) is 127 Å². The van der Waals surface area contributed by atoms with Gasteiger partial charge in [-0.3, -0.25) is 8.80 Å². The van der Waals surface area contributed by atoms with E-state index in [9.17, 15) is 0 Å². The number of benzene rings is 2. The minimum Gasteiger partial charge on any atom is -0.496 e. The molecular formula is C38H33N8O2S+. The van der Waals surface area contributed by atoms with Gasteiger partial charge in [-0.1, -0.05) is 16.7 Å². The Balaban J connectivity index is 1.20. The second-order valence-electron chi connectivity index (χ2n) is 12.1. The molecule has 9 aromatic rings. The fraction of sp³-hybridized carbons (Fsp3) is 0.132. The monoisotopic (exact) mass is 665 g/mol. The van der Waals surface area contributed by atoms with Crippen molar-refractivity contribution in [1.82, 2.24) is 32.9 Å². The van der Waals surface area contributed by atoms with Gasteiger partial charge < -0.3 is 18.6 Å². The number of thioether (sulfide) groups is 1. The van der Waals surface area contributed by atoms with E-state index in [-0.39, 0.29) is 0 Å². The van der Waals surface area contributed by atoms with Crippen LogP contribution in [-0.2, 0) is 5.75 Å². The number of hydrogen-bond acceptors (Lipinski definition) is 5. The summed E-state index contributed by atoms with van der Waals surface area (Å²) in [5.41, 5.74) is 10.2. The summed E-state index contributed by atoms with van der Waals surface area (Å²) in [7, 11) is 3.43. The second kappa shape index (κ2) is 11.3. The van der Waals surface area contributed by atoms with E-state index in [1.54, 1.807) is 26.0 Å². The summed E-state index contributed by atoms with van der Waals surface area (Å²) in [5.74, 6) is 3.90. The predicted molar refractivity (Wildman–Crippen MR) is 192 cm³/mol. The van der Waals surface area contributed by atoms with E-state index in [1.807, 2.05) is 48.9 Å². The van der Waals surface area contributed by atoms with Crippen molar-refractivity contribution in [2.45, 2.75) is 24.6 Å². The number of aromatic nitrogens is 8. The molecule has 1 N–H and O–H groups in total. The van der Waals surface area contributed by atoms with Crippen molar-refractivity contribution < 1.29 is 14.0 Å². The molecule has 11 heteroatoms. The van der Waals surface area contributed by atoms with Crippen molar-refractivity contribution in [3.8, 4) is 28.8 Å². The van der Waals surface area contributed by atoms with E-state index in [0.717, 1.165) is 84.0 Å². The van der Waals surface area contributed by atoms with Crippen LogP contribution in [0, 0.1) is 13.8 Å². The van der Waals surface area contributed by atoms with Gasteiger partial charge in [-0.15, -0.1) is 0 Å². The van der Waals surface area contributed by atoms with Crippen molar-refractivity contribution in [2.24, 2.45) is 0 Å². The number of pyridine rings is 2. The number of ether oxygens (including phenoxy) is 2. The first kappa shape index (κ1) is 29.2. The highest BCUT2D eigenvalue weighted by atomic mass is 32.2. The molecule has 10 nitrogen and oxygen atoms in total. The van der Waals surface area contributed by atoms with Gasteiger partial charge in [0, 0.05) is 71.7 Å². The van der Waals surface area contributed by atoms with Gasteiger partial charge in [0.1, 0.15) is 27.7 Å². The summed E-state index contributed by atoms with van der Waals surface area (Å²) in [6.07, 6.45) is 12.3. The number of aryl methyl sites for hydroxylation is 1. The first-order valence-corrected chi connectivity index (χ1v) is 17.0. The van der Waals surface area contributed by atoms with Crippen LogP contribution in [0.1, 0.15) is 16.8 Å². The van der Waals surface area contributed by atoms with Crippen LogP contribution in [0.4, 0.5) is 0 Å². The average molecular weight is 666 g/mol. The van der Waals surface area contributed by atoms with Crippen molar-refractivity contribution in [2.75, 3.05) is 14.2 Å². The molecule has 0 unspecified atom stereocenters. The molecule has 49 heavy (non-hydrogen) atoms. The van der Waals surface area contributed by atoms with Crippen LogP contribution in [0.25, 0.3) is 50.7 Å². The molecule has 0 bridgehead atoms. The lowest BCUT2D eigenvalue weighted by atomic mass is 10.2. The Labute approximate surface area is 285 Å². The van der Waals surface area contributed by atoms with E-state index in [4.69, 9.17) is 19.4 Å². The molecule has 7 heterocycles. The largest absolute Gasteiger partial charge is 0.496 e. The van der Waals surface area contributed by atoms with Crippen molar-refractivity contribution in [3.63, 3.8) is 0 Å². The quantitative estimate of drug-likeness (QED) is 0.135. The molecule has 0 amide bonds. The van der Waals surface area contributed by atoms with Gasteiger partial charge in [0.05, 0.1) is 42.7 Å². The van der Waals surface area contributed by atoms with E-state index in [0.29, 0.717) is 5.75 Å². The summed E-state index contributed by atoms with van der Waals surface area (Å²) in [6, 6.07) is 24.9. The first-order valence-electron chi connectivity index (χ1n) is 16.0. The van der Waals surface area contributed by atoms with E-state index >= 15 is 0 Å². The fourth-order valence-electron chi connectivity index (χ4n) is 6.70. The second-order valence-corrected chi connectivity index (χ2v) is 13.0. The Kier molecular flexibility index (Phi) is 6.76. The summed E-state index contributed by atoms with van der Waals surface area (Å²) in [4.78, 5) is 13.7. The number of nitrogens with zero attached hydrogens (tertiary/aromatic N) is 7. The third kappa shape index (κ3) is 4.68. The highest BCUT2D eigenvalue weighted by Gasteiger charge is 2.24. The Morgan fingerprint density at radius 1 is 0.776 bits per heavy atom. The van der Waals surface area contributed by atoms with E-state index in [2.05, 4.69) is 102 Å². The van der Waals surface area contributed by atoms with Crippen LogP contribution in [-0.4, -0.2) is 47.1 Å². The molecule has 0 atom stereocenters.